The molecule has 1 amide bonds. The van der Waals surface area contributed by atoms with Crippen LogP contribution in [0, 0.1) is 0 Å². The average molecular weight is 439 g/mol. The second kappa shape index (κ2) is 13.2. The smallest absolute Gasteiger partial charge is 0.335 e. The van der Waals surface area contributed by atoms with Crippen LogP contribution >= 0.6 is 11.8 Å². The van der Waals surface area contributed by atoms with Gasteiger partial charge in [-0.15, -0.1) is 0 Å². The van der Waals surface area contributed by atoms with Crippen molar-refractivity contribution >= 4 is 47.5 Å². The first-order valence-corrected chi connectivity index (χ1v) is 11.0. The number of amidine groups is 1. The first-order valence-electron chi connectivity index (χ1n) is 10.1. The first-order chi connectivity index (χ1) is 14.9. The lowest BCUT2D eigenvalue weighted by Crippen LogP contribution is -2.22. The van der Waals surface area contributed by atoms with Crippen molar-refractivity contribution in [3.63, 3.8) is 0 Å². The molecule has 5 nitrogen and oxygen atoms in total. The number of aryl methyl sites for hydroxylation is 1. The van der Waals surface area contributed by atoms with E-state index in [1.54, 1.807) is 19.2 Å². The lowest BCUT2D eigenvalue weighted by atomic mass is 10.1. The Labute approximate surface area is 188 Å². The summed E-state index contributed by atoms with van der Waals surface area (Å²) in [5.41, 5.74) is 2.34. The Hall–Kier alpha value is -3.12. The van der Waals surface area contributed by atoms with Gasteiger partial charge in [-0.05, 0) is 64.9 Å². The molecular formula is C25H30N2O3S. The molecular weight excluding hydrogens is 408 g/mol. The molecule has 2 N–H and O–H groups in total. The van der Waals surface area contributed by atoms with Crippen LogP contribution in [0.3, 0.4) is 0 Å². The molecule has 1 aliphatic heterocycles. The van der Waals surface area contributed by atoms with Gasteiger partial charge >= 0.3 is 5.97 Å². The largest absolute Gasteiger partial charge is 0.478 e. The lowest BCUT2D eigenvalue weighted by Gasteiger charge is -2.00. The predicted octanol–water partition coefficient (Wildman–Crippen LogP) is 4.70. The van der Waals surface area contributed by atoms with Gasteiger partial charge < -0.3 is 10.4 Å². The van der Waals surface area contributed by atoms with Gasteiger partial charge in [0, 0.05) is 7.05 Å². The summed E-state index contributed by atoms with van der Waals surface area (Å²) < 4.78 is 0. The number of aromatic carboxylic acids is 1. The zero-order chi connectivity index (χ0) is 23.4. The van der Waals surface area contributed by atoms with Crippen LogP contribution in [0.25, 0.3) is 18.7 Å². The van der Waals surface area contributed by atoms with Gasteiger partial charge in [0.2, 0.25) is 0 Å². The lowest BCUT2D eigenvalue weighted by molar-refractivity contribution is 0.0695. The van der Waals surface area contributed by atoms with Gasteiger partial charge in [0.25, 0.3) is 5.24 Å². The number of nitrogens with one attached hydrogen (secondary N) is 1. The average Bonchev–Trinajstić information content (AvgIpc) is 3.15. The third-order valence-corrected chi connectivity index (χ3v) is 5.11. The molecule has 6 heteroatoms. The minimum Gasteiger partial charge on any atom is -0.478 e. The van der Waals surface area contributed by atoms with Crippen LogP contribution in [0.4, 0.5) is 4.79 Å². The van der Waals surface area contributed by atoms with Crippen LogP contribution in [0.5, 0.6) is 0 Å². The van der Waals surface area contributed by atoms with Crippen molar-refractivity contribution in [2.45, 2.75) is 34.1 Å². The third-order valence-electron chi connectivity index (χ3n) is 4.29. The molecule has 1 aliphatic rings. The van der Waals surface area contributed by atoms with Gasteiger partial charge in [-0.1, -0.05) is 63.8 Å². The van der Waals surface area contributed by atoms with E-state index < -0.39 is 5.97 Å². The molecule has 0 bridgehead atoms. The van der Waals surface area contributed by atoms with E-state index in [0.717, 1.165) is 32.9 Å². The number of carbonyl (C=O) groups excluding carboxylic acids is 1. The van der Waals surface area contributed by atoms with Crippen LogP contribution in [0.15, 0.2) is 52.4 Å². The summed E-state index contributed by atoms with van der Waals surface area (Å²) >= 11 is 1.17. The standard InChI is InChI=1S/C14H14N2OS.C9H10O2.C2H6/c1-4-11-7-10(6-5-9(11)2)8-12-13(15-3)16-14(17)18-12;1-2-7-5-3-4-6-8(7)9(10)11;1-2/h4-8H,2H2,1,3H3,(H,15,16,17);3-6H,2H2,1H3,(H,10,11);1-2H3/b11-4-,12-8-;;. The molecule has 31 heavy (non-hydrogen) atoms. The Morgan fingerprint density at radius 1 is 1.23 bits per heavy atom. The van der Waals surface area contributed by atoms with Gasteiger partial charge in [-0.3, -0.25) is 9.79 Å². The highest BCUT2D eigenvalue weighted by molar-refractivity contribution is 8.18. The molecule has 0 unspecified atom stereocenters. The molecule has 1 fully saturated rings. The molecule has 0 aliphatic carbocycles. The summed E-state index contributed by atoms with van der Waals surface area (Å²) in [5.74, 6) is -0.215. The molecule has 1 heterocycles. The van der Waals surface area contributed by atoms with Crippen molar-refractivity contribution in [1.82, 2.24) is 5.32 Å². The van der Waals surface area contributed by atoms with Gasteiger partial charge in [0.1, 0.15) is 5.84 Å². The van der Waals surface area contributed by atoms with E-state index in [0.29, 0.717) is 11.4 Å². The summed E-state index contributed by atoms with van der Waals surface area (Å²) in [6, 6.07) is 13.1. The Morgan fingerprint density at radius 3 is 2.45 bits per heavy atom. The van der Waals surface area contributed by atoms with Crippen molar-refractivity contribution in [1.29, 1.82) is 0 Å². The monoisotopic (exact) mass is 438 g/mol. The number of amides is 1. The number of rotatable bonds is 3. The van der Waals surface area contributed by atoms with E-state index in [4.69, 9.17) is 5.11 Å². The van der Waals surface area contributed by atoms with Crippen molar-refractivity contribution < 1.29 is 14.7 Å². The minimum atomic E-state index is -0.845. The quantitative estimate of drug-likeness (QED) is 0.728. The van der Waals surface area contributed by atoms with Gasteiger partial charge in [0.05, 0.1) is 10.5 Å². The van der Waals surface area contributed by atoms with E-state index in [9.17, 15) is 9.59 Å². The third kappa shape index (κ3) is 7.57. The second-order valence-corrected chi connectivity index (χ2v) is 7.17. The molecule has 3 rings (SSSR count). The number of benzene rings is 2. The van der Waals surface area contributed by atoms with E-state index >= 15 is 0 Å². The van der Waals surface area contributed by atoms with Crippen LogP contribution in [0.1, 0.15) is 49.2 Å². The number of carboxylic acid groups (broad SMARTS) is 1. The van der Waals surface area contributed by atoms with Gasteiger partial charge in [-0.2, -0.15) is 0 Å². The summed E-state index contributed by atoms with van der Waals surface area (Å²) in [6.07, 6.45) is 4.74. The number of nitrogens with zero attached hydrogens (tertiary/aromatic N) is 1. The topological polar surface area (TPSA) is 78.8 Å². The Balaban J connectivity index is 0.000000317. The first kappa shape index (κ1) is 25.9. The number of hydrogen-bond acceptors (Lipinski definition) is 4. The number of thioether (sulfide) groups is 1. The van der Waals surface area contributed by atoms with Crippen LogP contribution in [-0.4, -0.2) is 29.2 Å². The fourth-order valence-corrected chi connectivity index (χ4v) is 3.54. The van der Waals surface area contributed by atoms with Gasteiger partial charge in [0.15, 0.2) is 0 Å². The SMILES string of the molecule is C=c1ccc(/C=C2\SC(=O)NC2=NC)c/c1=C/C.CC.CCc1ccccc1C(=O)O. The van der Waals surface area contributed by atoms with E-state index in [2.05, 4.69) is 16.9 Å². The summed E-state index contributed by atoms with van der Waals surface area (Å²) in [4.78, 5) is 26.8. The van der Waals surface area contributed by atoms with Crippen LogP contribution in [0.2, 0.25) is 0 Å². The molecule has 0 atom stereocenters. The highest BCUT2D eigenvalue weighted by Gasteiger charge is 2.22. The molecule has 2 aromatic carbocycles. The number of aliphatic imine (C=N–C) groups is 1. The normalized spacial score (nSPS) is 15.6. The maximum atomic E-state index is 11.3. The second-order valence-electron chi connectivity index (χ2n) is 6.16. The zero-order valence-corrected chi connectivity index (χ0v) is 19.5. The van der Waals surface area contributed by atoms with Crippen molar-refractivity contribution in [3.8, 4) is 0 Å². The van der Waals surface area contributed by atoms with Gasteiger partial charge in [-0.25, -0.2) is 4.79 Å². The fraction of sp³-hybridized carbons (Fsp3) is 0.240. The molecule has 0 aromatic heterocycles. The Morgan fingerprint density at radius 2 is 1.90 bits per heavy atom. The Bertz CT molecular complexity index is 1090. The Kier molecular flexibility index (Phi) is 11.1. The van der Waals surface area contributed by atoms with E-state index in [1.165, 1.54) is 11.8 Å². The number of carboxylic acids is 1. The zero-order valence-electron chi connectivity index (χ0n) is 18.7. The molecule has 0 radical (unpaired) electrons. The minimum absolute atomic E-state index is 0.0853. The molecule has 2 aromatic rings. The fourth-order valence-electron chi connectivity index (χ4n) is 2.76. The number of hydrogen-bond donors (Lipinski definition) is 2. The highest BCUT2D eigenvalue weighted by Crippen LogP contribution is 2.25. The summed E-state index contributed by atoms with van der Waals surface area (Å²) in [5, 5.41) is 13.4. The maximum absolute atomic E-state index is 11.3. The van der Waals surface area contributed by atoms with Crippen molar-refractivity contribution in [3.05, 3.63) is 74.5 Å². The molecule has 0 spiro atoms. The molecule has 0 saturated carbocycles. The van der Waals surface area contributed by atoms with Crippen LogP contribution in [-0.2, 0) is 6.42 Å². The predicted molar refractivity (Wildman–Crippen MR) is 133 cm³/mol. The summed E-state index contributed by atoms with van der Waals surface area (Å²) in [6.45, 7) is 11.9. The summed E-state index contributed by atoms with van der Waals surface area (Å²) in [7, 11) is 1.67. The van der Waals surface area contributed by atoms with Crippen molar-refractivity contribution in [2.24, 2.45) is 4.99 Å². The van der Waals surface area contributed by atoms with E-state index in [-0.39, 0.29) is 5.24 Å². The van der Waals surface area contributed by atoms with Crippen molar-refractivity contribution in [2.75, 3.05) is 7.05 Å². The number of carbonyl (C=O) groups is 2. The molecule has 164 valence electrons. The van der Waals surface area contributed by atoms with Crippen LogP contribution < -0.4 is 15.8 Å². The maximum Gasteiger partial charge on any atom is 0.335 e. The highest BCUT2D eigenvalue weighted by atomic mass is 32.2. The van der Waals surface area contributed by atoms with E-state index in [1.807, 2.05) is 70.2 Å². The molecule has 1 saturated heterocycles.